The predicted molar refractivity (Wildman–Crippen MR) is 59.6 cm³/mol. The van der Waals surface area contributed by atoms with Gasteiger partial charge in [-0.05, 0) is 39.0 Å². The molecular formula is C12H13N3. The molecule has 0 radical (unpaired) electrons. The number of aromatic nitrogens is 2. The van der Waals surface area contributed by atoms with Crippen LogP contribution < -0.4 is 0 Å². The molecule has 0 unspecified atom stereocenters. The summed E-state index contributed by atoms with van der Waals surface area (Å²) < 4.78 is 1.99. The number of fused-ring (bicyclic) bond motifs is 1. The van der Waals surface area contributed by atoms with Crippen LogP contribution in [0.5, 0.6) is 0 Å². The molecule has 1 aromatic heterocycles. The van der Waals surface area contributed by atoms with Gasteiger partial charge in [0.2, 0.25) is 0 Å². The van der Waals surface area contributed by atoms with Gasteiger partial charge in [-0.15, -0.1) is 0 Å². The largest absolute Gasteiger partial charge is 0.262 e. The first-order valence-electron chi connectivity index (χ1n) is 5.02. The molecule has 0 atom stereocenters. The zero-order valence-corrected chi connectivity index (χ0v) is 9.15. The van der Waals surface area contributed by atoms with Crippen LogP contribution in [0.1, 0.15) is 31.1 Å². The third-order valence-corrected chi connectivity index (χ3v) is 2.51. The molecule has 0 N–H and O–H groups in total. The predicted octanol–water partition coefficient (Wildman–Crippen LogP) is 2.80. The van der Waals surface area contributed by atoms with Gasteiger partial charge in [0.1, 0.15) is 0 Å². The number of aryl methyl sites for hydroxylation is 1. The quantitative estimate of drug-likeness (QED) is 0.708. The van der Waals surface area contributed by atoms with E-state index in [1.807, 2.05) is 29.8 Å². The fraction of sp³-hybridized carbons (Fsp3) is 0.333. The Balaban J connectivity index is 2.76. The van der Waals surface area contributed by atoms with E-state index < -0.39 is 0 Å². The number of nitriles is 1. The van der Waals surface area contributed by atoms with Crippen LogP contribution in [-0.4, -0.2) is 9.78 Å². The Morgan fingerprint density at radius 1 is 1.40 bits per heavy atom. The van der Waals surface area contributed by atoms with E-state index in [0.717, 1.165) is 16.6 Å². The molecule has 0 fully saturated rings. The van der Waals surface area contributed by atoms with Gasteiger partial charge in [0.25, 0.3) is 0 Å². The summed E-state index contributed by atoms with van der Waals surface area (Å²) in [6, 6.07) is 8.19. The molecule has 0 saturated heterocycles. The molecule has 0 aliphatic carbocycles. The Morgan fingerprint density at radius 3 is 2.73 bits per heavy atom. The summed E-state index contributed by atoms with van der Waals surface area (Å²) in [5.74, 6) is 0. The van der Waals surface area contributed by atoms with Gasteiger partial charge in [-0.25, -0.2) is 0 Å². The van der Waals surface area contributed by atoms with Gasteiger partial charge < -0.3 is 0 Å². The monoisotopic (exact) mass is 199 g/mol. The first kappa shape index (κ1) is 9.72. The highest BCUT2D eigenvalue weighted by molar-refractivity contribution is 5.83. The maximum Gasteiger partial charge on any atom is 0.0991 e. The van der Waals surface area contributed by atoms with Crippen molar-refractivity contribution >= 4 is 10.9 Å². The summed E-state index contributed by atoms with van der Waals surface area (Å²) in [6.07, 6.45) is 0. The topological polar surface area (TPSA) is 41.6 Å². The average molecular weight is 199 g/mol. The smallest absolute Gasteiger partial charge is 0.0991 e. The summed E-state index contributed by atoms with van der Waals surface area (Å²) in [6.45, 7) is 6.18. The molecule has 0 bridgehead atoms. The lowest BCUT2D eigenvalue weighted by Gasteiger charge is -2.06. The van der Waals surface area contributed by atoms with Crippen molar-refractivity contribution in [2.75, 3.05) is 0 Å². The minimum Gasteiger partial charge on any atom is -0.262 e. The molecule has 0 amide bonds. The maximum absolute atomic E-state index is 8.83. The Hall–Kier alpha value is -1.82. The van der Waals surface area contributed by atoms with Crippen LogP contribution in [-0.2, 0) is 0 Å². The molecule has 0 aliphatic rings. The van der Waals surface area contributed by atoms with Crippen molar-refractivity contribution in [1.82, 2.24) is 9.78 Å². The van der Waals surface area contributed by atoms with Gasteiger partial charge in [-0.3, -0.25) is 4.68 Å². The number of rotatable bonds is 1. The molecule has 0 spiro atoms. The third-order valence-electron chi connectivity index (χ3n) is 2.51. The van der Waals surface area contributed by atoms with Crippen molar-refractivity contribution in [3.05, 3.63) is 29.5 Å². The highest BCUT2D eigenvalue weighted by atomic mass is 15.3. The van der Waals surface area contributed by atoms with Crippen molar-refractivity contribution in [3.8, 4) is 6.07 Å². The summed E-state index contributed by atoms with van der Waals surface area (Å²) in [7, 11) is 0. The lowest BCUT2D eigenvalue weighted by atomic mass is 10.1. The van der Waals surface area contributed by atoms with Crippen LogP contribution in [0.4, 0.5) is 0 Å². The first-order chi connectivity index (χ1) is 7.13. The van der Waals surface area contributed by atoms with E-state index in [4.69, 9.17) is 5.26 Å². The summed E-state index contributed by atoms with van der Waals surface area (Å²) >= 11 is 0. The summed E-state index contributed by atoms with van der Waals surface area (Å²) in [5.41, 5.74) is 2.77. The molecule has 2 aromatic rings. The second-order valence-electron chi connectivity index (χ2n) is 3.97. The van der Waals surface area contributed by atoms with E-state index in [-0.39, 0.29) is 0 Å². The molecule has 76 valence electrons. The van der Waals surface area contributed by atoms with Crippen molar-refractivity contribution in [2.24, 2.45) is 0 Å². The van der Waals surface area contributed by atoms with Crippen LogP contribution in [0, 0.1) is 18.3 Å². The highest BCUT2D eigenvalue weighted by Gasteiger charge is 2.09. The first-order valence-corrected chi connectivity index (χ1v) is 5.02. The second-order valence-corrected chi connectivity index (χ2v) is 3.97. The number of hydrogen-bond donors (Lipinski definition) is 0. The van der Waals surface area contributed by atoms with Crippen molar-refractivity contribution in [2.45, 2.75) is 26.8 Å². The Bertz CT molecular complexity index is 544. The second kappa shape index (κ2) is 3.39. The van der Waals surface area contributed by atoms with Crippen molar-refractivity contribution in [3.63, 3.8) is 0 Å². The summed E-state index contributed by atoms with van der Waals surface area (Å²) in [5, 5.41) is 14.4. The maximum atomic E-state index is 8.83. The highest BCUT2D eigenvalue weighted by Crippen LogP contribution is 2.22. The van der Waals surface area contributed by atoms with E-state index >= 15 is 0 Å². The van der Waals surface area contributed by atoms with Crippen molar-refractivity contribution in [1.29, 1.82) is 5.26 Å². The number of hydrogen-bond acceptors (Lipinski definition) is 2. The SMILES string of the molecule is Cc1nn(C(C)C)c2ccc(C#N)cc12. The van der Waals surface area contributed by atoms with Gasteiger partial charge in [0.15, 0.2) is 0 Å². The fourth-order valence-electron chi connectivity index (χ4n) is 1.76. The molecule has 0 saturated carbocycles. The van der Waals surface area contributed by atoms with Crippen LogP contribution in [0.25, 0.3) is 10.9 Å². The molecular weight excluding hydrogens is 186 g/mol. The summed E-state index contributed by atoms with van der Waals surface area (Å²) in [4.78, 5) is 0. The normalized spacial score (nSPS) is 10.9. The third kappa shape index (κ3) is 1.48. The van der Waals surface area contributed by atoms with Gasteiger partial charge in [-0.2, -0.15) is 10.4 Å². The number of nitrogens with zero attached hydrogens (tertiary/aromatic N) is 3. The van der Waals surface area contributed by atoms with E-state index in [1.165, 1.54) is 0 Å². The molecule has 1 aromatic carbocycles. The average Bonchev–Trinajstić information content (AvgIpc) is 2.56. The van der Waals surface area contributed by atoms with Gasteiger partial charge in [0, 0.05) is 11.4 Å². The standard InChI is InChI=1S/C12H13N3/c1-8(2)15-12-5-4-10(7-13)6-11(12)9(3)14-15/h4-6,8H,1-3H3. The molecule has 0 aliphatic heterocycles. The van der Waals surface area contributed by atoms with E-state index in [0.29, 0.717) is 11.6 Å². The van der Waals surface area contributed by atoms with Crippen LogP contribution in [0.2, 0.25) is 0 Å². The van der Waals surface area contributed by atoms with Gasteiger partial charge in [0.05, 0.1) is 22.8 Å². The Kier molecular flexibility index (Phi) is 2.20. The minimum atomic E-state index is 0.342. The molecule has 15 heavy (non-hydrogen) atoms. The fourth-order valence-corrected chi connectivity index (χ4v) is 1.76. The Morgan fingerprint density at radius 2 is 2.13 bits per heavy atom. The Labute approximate surface area is 88.9 Å². The molecule has 3 heteroatoms. The van der Waals surface area contributed by atoms with Crippen LogP contribution >= 0.6 is 0 Å². The van der Waals surface area contributed by atoms with Crippen LogP contribution in [0.15, 0.2) is 18.2 Å². The van der Waals surface area contributed by atoms with Crippen molar-refractivity contribution < 1.29 is 0 Å². The van der Waals surface area contributed by atoms with E-state index in [1.54, 1.807) is 0 Å². The van der Waals surface area contributed by atoms with Gasteiger partial charge in [-0.1, -0.05) is 0 Å². The minimum absolute atomic E-state index is 0.342. The lowest BCUT2D eigenvalue weighted by molar-refractivity contribution is 0.547. The lowest BCUT2D eigenvalue weighted by Crippen LogP contribution is -2.02. The zero-order chi connectivity index (χ0) is 11.0. The van der Waals surface area contributed by atoms with Gasteiger partial charge >= 0.3 is 0 Å². The zero-order valence-electron chi connectivity index (χ0n) is 9.15. The number of benzene rings is 1. The molecule has 3 nitrogen and oxygen atoms in total. The van der Waals surface area contributed by atoms with Crippen LogP contribution in [0.3, 0.4) is 0 Å². The van der Waals surface area contributed by atoms with E-state index in [9.17, 15) is 0 Å². The van der Waals surface area contributed by atoms with E-state index in [2.05, 4.69) is 25.0 Å². The molecule has 2 rings (SSSR count). The molecule has 1 heterocycles.